The van der Waals surface area contributed by atoms with Gasteiger partial charge in [0.25, 0.3) is 0 Å². The Morgan fingerprint density at radius 3 is 2.94 bits per heavy atom. The van der Waals surface area contributed by atoms with Crippen molar-refractivity contribution in [1.82, 2.24) is 10.2 Å². The molecule has 1 aliphatic rings. The zero-order chi connectivity index (χ0) is 13.0. The fourth-order valence-corrected chi connectivity index (χ4v) is 2.37. The molecule has 0 aliphatic carbocycles. The van der Waals surface area contributed by atoms with Crippen molar-refractivity contribution in [3.8, 4) is 0 Å². The van der Waals surface area contributed by atoms with Gasteiger partial charge in [0.2, 0.25) is 0 Å². The van der Waals surface area contributed by atoms with Gasteiger partial charge in [-0.15, -0.1) is 5.10 Å². The molecular formula is C13H19N3O2. The number of nitrogens with zero attached hydrogens (tertiary/aromatic N) is 3. The van der Waals surface area contributed by atoms with Crippen LogP contribution < -0.4 is 4.90 Å². The summed E-state index contributed by atoms with van der Waals surface area (Å²) in [6.07, 6.45) is 3.19. The molecule has 0 saturated carbocycles. The van der Waals surface area contributed by atoms with Crippen LogP contribution in [0.4, 0.5) is 5.82 Å². The molecule has 5 nitrogen and oxygen atoms in total. The molecule has 0 bridgehead atoms. The molecule has 1 saturated heterocycles. The molecule has 0 spiro atoms. The minimum atomic E-state index is -0.716. The van der Waals surface area contributed by atoms with E-state index in [0.717, 1.165) is 43.9 Å². The third-order valence-electron chi connectivity index (χ3n) is 3.28. The van der Waals surface area contributed by atoms with Crippen molar-refractivity contribution in [3.63, 3.8) is 0 Å². The quantitative estimate of drug-likeness (QED) is 0.860. The molecule has 1 atom stereocenters. The Labute approximate surface area is 107 Å². The van der Waals surface area contributed by atoms with Crippen LogP contribution in [0.25, 0.3) is 0 Å². The molecule has 0 amide bonds. The standard InChI is InChI=1S/C13H19N3O2/c1-2-3-11-4-5-12(15-14-11)16-7-6-10(9-16)8-13(17)18/h4-5,10H,2-3,6-9H2,1H3,(H,17,18). The van der Waals surface area contributed by atoms with E-state index in [4.69, 9.17) is 5.11 Å². The molecule has 1 unspecified atom stereocenters. The van der Waals surface area contributed by atoms with Crippen molar-refractivity contribution in [2.75, 3.05) is 18.0 Å². The van der Waals surface area contributed by atoms with Crippen LogP contribution >= 0.6 is 0 Å². The summed E-state index contributed by atoms with van der Waals surface area (Å²) in [6, 6.07) is 4.00. The summed E-state index contributed by atoms with van der Waals surface area (Å²) in [5.74, 6) is 0.383. The maximum Gasteiger partial charge on any atom is 0.303 e. The molecule has 1 N–H and O–H groups in total. The zero-order valence-electron chi connectivity index (χ0n) is 10.7. The van der Waals surface area contributed by atoms with E-state index in [-0.39, 0.29) is 12.3 Å². The van der Waals surface area contributed by atoms with Crippen LogP contribution in [0, 0.1) is 5.92 Å². The molecular weight excluding hydrogens is 230 g/mol. The fraction of sp³-hybridized carbons (Fsp3) is 0.615. The summed E-state index contributed by atoms with van der Waals surface area (Å²) >= 11 is 0. The first-order valence-corrected chi connectivity index (χ1v) is 6.48. The van der Waals surface area contributed by atoms with Crippen molar-refractivity contribution >= 4 is 11.8 Å². The van der Waals surface area contributed by atoms with Crippen molar-refractivity contribution in [2.24, 2.45) is 5.92 Å². The van der Waals surface area contributed by atoms with Gasteiger partial charge in [0.1, 0.15) is 0 Å². The number of aryl methyl sites for hydroxylation is 1. The smallest absolute Gasteiger partial charge is 0.303 e. The van der Waals surface area contributed by atoms with Crippen LogP contribution in [0.2, 0.25) is 0 Å². The number of rotatable bonds is 5. The molecule has 1 aromatic rings. The number of anilines is 1. The second kappa shape index (κ2) is 5.80. The van der Waals surface area contributed by atoms with Crippen molar-refractivity contribution in [1.29, 1.82) is 0 Å². The first-order valence-electron chi connectivity index (χ1n) is 6.48. The highest BCUT2D eigenvalue weighted by Crippen LogP contribution is 2.23. The first-order chi connectivity index (χ1) is 8.69. The largest absolute Gasteiger partial charge is 0.481 e. The van der Waals surface area contributed by atoms with Gasteiger partial charge in [-0.05, 0) is 30.9 Å². The predicted octanol–water partition coefficient (Wildman–Crippen LogP) is 1.73. The van der Waals surface area contributed by atoms with E-state index in [1.807, 2.05) is 12.1 Å². The van der Waals surface area contributed by atoms with Gasteiger partial charge in [0.15, 0.2) is 5.82 Å². The van der Waals surface area contributed by atoms with Crippen molar-refractivity contribution in [2.45, 2.75) is 32.6 Å². The second-order valence-corrected chi connectivity index (χ2v) is 4.83. The van der Waals surface area contributed by atoms with Gasteiger partial charge in [-0.2, -0.15) is 5.10 Å². The van der Waals surface area contributed by atoms with Crippen LogP contribution in [0.5, 0.6) is 0 Å². The molecule has 2 rings (SSSR count). The van der Waals surface area contributed by atoms with Crippen molar-refractivity contribution in [3.05, 3.63) is 17.8 Å². The second-order valence-electron chi connectivity index (χ2n) is 4.83. The summed E-state index contributed by atoms with van der Waals surface area (Å²) in [7, 11) is 0. The fourth-order valence-electron chi connectivity index (χ4n) is 2.37. The number of carbonyl (C=O) groups is 1. The van der Waals surface area contributed by atoms with Gasteiger partial charge in [-0.3, -0.25) is 4.79 Å². The lowest BCUT2D eigenvalue weighted by molar-refractivity contribution is -0.137. The Morgan fingerprint density at radius 1 is 1.50 bits per heavy atom. The maximum absolute atomic E-state index is 10.7. The van der Waals surface area contributed by atoms with E-state index in [1.54, 1.807) is 0 Å². The van der Waals surface area contributed by atoms with Crippen LogP contribution in [-0.2, 0) is 11.2 Å². The number of carboxylic acid groups (broad SMARTS) is 1. The van der Waals surface area contributed by atoms with Gasteiger partial charge < -0.3 is 10.0 Å². The molecule has 0 aromatic carbocycles. The van der Waals surface area contributed by atoms with Crippen molar-refractivity contribution < 1.29 is 9.90 Å². The van der Waals surface area contributed by atoms with E-state index in [1.165, 1.54) is 0 Å². The minimum Gasteiger partial charge on any atom is -0.481 e. The average Bonchev–Trinajstić information content (AvgIpc) is 2.78. The molecule has 0 radical (unpaired) electrons. The molecule has 5 heteroatoms. The molecule has 2 heterocycles. The van der Waals surface area contributed by atoms with Gasteiger partial charge in [0, 0.05) is 19.5 Å². The third-order valence-corrected chi connectivity index (χ3v) is 3.28. The van der Waals surface area contributed by atoms with Gasteiger partial charge in [-0.1, -0.05) is 13.3 Å². The lowest BCUT2D eigenvalue weighted by atomic mass is 10.1. The molecule has 18 heavy (non-hydrogen) atoms. The van der Waals surface area contributed by atoms with E-state index in [0.29, 0.717) is 0 Å². The van der Waals surface area contributed by atoms with E-state index in [2.05, 4.69) is 22.0 Å². The molecule has 1 aromatic heterocycles. The molecule has 1 aliphatic heterocycles. The third kappa shape index (κ3) is 3.18. The van der Waals surface area contributed by atoms with Gasteiger partial charge in [0.05, 0.1) is 5.69 Å². The Balaban J connectivity index is 1.94. The van der Waals surface area contributed by atoms with Crippen LogP contribution in [0.1, 0.15) is 31.9 Å². The summed E-state index contributed by atoms with van der Waals surface area (Å²) in [6.45, 7) is 3.76. The number of aromatic nitrogens is 2. The Kier molecular flexibility index (Phi) is 4.12. The topological polar surface area (TPSA) is 66.3 Å². The zero-order valence-corrected chi connectivity index (χ0v) is 10.7. The van der Waals surface area contributed by atoms with Crippen LogP contribution in [0.3, 0.4) is 0 Å². The monoisotopic (exact) mass is 249 g/mol. The summed E-state index contributed by atoms with van der Waals surface area (Å²) < 4.78 is 0. The summed E-state index contributed by atoms with van der Waals surface area (Å²) in [5, 5.41) is 17.2. The normalized spacial score (nSPS) is 19.2. The highest BCUT2D eigenvalue weighted by Gasteiger charge is 2.25. The highest BCUT2D eigenvalue weighted by molar-refractivity contribution is 5.67. The predicted molar refractivity (Wildman–Crippen MR) is 68.6 cm³/mol. The Bertz CT molecular complexity index is 405. The summed E-state index contributed by atoms with van der Waals surface area (Å²) in [5.41, 5.74) is 1.02. The van der Waals surface area contributed by atoms with Gasteiger partial charge >= 0.3 is 5.97 Å². The lowest BCUT2D eigenvalue weighted by Gasteiger charge is -2.16. The van der Waals surface area contributed by atoms with Crippen LogP contribution in [0.15, 0.2) is 12.1 Å². The van der Waals surface area contributed by atoms with E-state index < -0.39 is 5.97 Å². The van der Waals surface area contributed by atoms with Crippen LogP contribution in [-0.4, -0.2) is 34.4 Å². The number of hydrogen-bond donors (Lipinski definition) is 1. The minimum absolute atomic E-state index is 0.236. The van der Waals surface area contributed by atoms with E-state index >= 15 is 0 Å². The SMILES string of the molecule is CCCc1ccc(N2CCC(CC(=O)O)C2)nn1. The number of aliphatic carboxylic acids is 1. The maximum atomic E-state index is 10.7. The summed E-state index contributed by atoms with van der Waals surface area (Å²) in [4.78, 5) is 12.8. The molecule has 98 valence electrons. The number of hydrogen-bond acceptors (Lipinski definition) is 4. The van der Waals surface area contributed by atoms with E-state index in [9.17, 15) is 4.79 Å². The Morgan fingerprint density at radius 2 is 2.33 bits per heavy atom. The first kappa shape index (κ1) is 12.8. The Hall–Kier alpha value is -1.65. The number of carboxylic acids is 1. The van der Waals surface area contributed by atoms with Gasteiger partial charge in [-0.25, -0.2) is 0 Å². The average molecular weight is 249 g/mol. The molecule has 1 fully saturated rings. The highest BCUT2D eigenvalue weighted by atomic mass is 16.4. The lowest BCUT2D eigenvalue weighted by Crippen LogP contribution is -2.22.